The van der Waals surface area contributed by atoms with Crippen molar-refractivity contribution in [2.24, 2.45) is 11.8 Å². The molecule has 0 bridgehead atoms. The molecule has 0 spiro atoms. The van der Waals surface area contributed by atoms with E-state index in [-0.39, 0.29) is 35.8 Å². The quantitative estimate of drug-likeness (QED) is 0.177. The second-order valence-electron chi connectivity index (χ2n) is 13.6. The van der Waals surface area contributed by atoms with Crippen molar-refractivity contribution in [1.82, 2.24) is 20.4 Å². The number of allylic oxidation sites excluding steroid dienone is 1. The van der Waals surface area contributed by atoms with Crippen LogP contribution in [0.2, 0.25) is 18.1 Å². The molecule has 2 N–H and O–H groups in total. The third-order valence-corrected chi connectivity index (χ3v) is 16.6. The Balaban J connectivity index is 2.42. The van der Waals surface area contributed by atoms with Crippen LogP contribution in [0.3, 0.4) is 0 Å². The minimum Gasteiger partial charge on any atom is -0.411 e. The lowest BCUT2D eigenvalue weighted by molar-refractivity contribution is -0.142. The number of likely N-dealkylation sites (tertiary alicyclic amines) is 1. The van der Waals surface area contributed by atoms with Gasteiger partial charge in [-0.15, -0.1) is 11.8 Å². The fraction of sp³-hybridized carbons (Fsp3) is 0.848. The smallest absolute Gasteiger partial charge is 0.251 e. The van der Waals surface area contributed by atoms with Gasteiger partial charge in [0.05, 0.1) is 17.3 Å². The molecule has 8 nitrogen and oxygen atoms in total. The molecule has 2 amide bonds. The van der Waals surface area contributed by atoms with Gasteiger partial charge >= 0.3 is 0 Å². The van der Waals surface area contributed by atoms with Crippen LogP contribution in [0, 0.1) is 11.8 Å². The van der Waals surface area contributed by atoms with Gasteiger partial charge in [-0.25, -0.2) is 0 Å². The standard InChI is InChI=1S/C33H61N4O4SSi/c1-12-25(8)29(34-31(40)32(9,10)37-19-17-18-20-37)30(39)36(11)27(24(6)7)21-28(41-43(14-3,15-4)16-5)33(13-2)35-26(22-38)23-42-33/h23-25,27-29,35H,12-21H2,1-11H3,(H,34,40)/t25-,27+,28+,29-,33?/m0/s1. The highest BCUT2D eigenvalue weighted by atomic mass is 32.2. The Hall–Kier alpha value is -1.36. The van der Waals surface area contributed by atoms with Crippen molar-refractivity contribution in [3.63, 3.8) is 0 Å². The number of carbonyl (C=O) groups is 2. The molecule has 2 aliphatic rings. The predicted octanol–water partition coefficient (Wildman–Crippen LogP) is 6.05. The van der Waals surface area contributed by atoms with E-state index < -0.39 is 24.8 Å². The number of amides is 2. The largest absolute Gasteiger partial charge is 0.411 e. The summed E-state index contributed by atoms with van der Waals surface area (Å²) in [6.07, 6.45) is 6.18. The van der Waals surface area contributed by atoms with Crippen LogP contribution < -0.4 is 10.6 Å². The average Bonchev–Trinajstić information content (AvgIpc) is 3.71. The van der Waals surface area contributed by atoms with E-state index in [4.69, 9.17) is 4.43 Å². The highest BCUT2D eigenvalue weighted by Gasteiger charge is 2.48. The maximum atomic E-state index is 14.4. The summed E-state index contributed by atoms with van der Waals surface area (Å²) in [4.78, 5) is 43.3. The van der Waals surface area contributed by atoms with Gasteiger partial charge < -0.3 is 20.0 Å². The number of carbonyl (C=O) groups excluding carboxylic acids is 3. The Morgan fingerprint density at radius 2 is 1.72 bits per heavy atom. The van der Waals surface area contributed by atoms with Crippen LogP contribution in [0.1, 0.15) is 101 Å². The van der Waals surface area contributed by atoms with Crippen LogP contribution in [-0.2, 0) is 18.8 Å². The molecule has 1 unspecified atom stereocenters. The monoisotopic (exact) mass is 637 g/mol. The predicted molar refractivity (Wildman–Crippen MR) is 182 cm³/mol. The van der Waals surface area contributed by atoms with Gasteiger partial charge in [0.15, 0.2) is 8.32 Å². The van der Waals surface area contributed by atoms with Crippen molar-refractivity contribution in [3.8, 4) is 0 Å². The third kappa shape index (κ3) is 8.67. The van der Waals surface area contributed by atoms with Crippen molar-refractivity contribution in [3.05, 3.63) is 11.1 Å². The molecule has 247 valence electrons. The maximum absolute atomic E-state index is 14.4. The molecule has 1 radical (unpaired) electrons. The van der Waals surface area contributed by atoms with Crippen LogP contribution in [0.5, 0.6) is 0 Å². The normalized spacial score (nSPS) is 22.5. The highest BCUT2D eigenvalue weighted by Crippen LogP contribution is 2.43. The Bertz CT molecular complexity index is 958. The fourth-order valence-corrected chi connectivity index (χ4v) is 10.6. The van der Waals surface area contributed by atoms with E-state index in [9.17, 15) is 14.4 Å². The molecule has 10 heteroatoms. The Kier molecular flexibility index (Phi) is 14.3. The molecule has 1 saturated heterocycles. The molecule has 0 aromatic heterocycles. The van der Waals surface area contributed by atoms with Crippen LogP contribution in [-0.4, -0.2) is 85.0 Å². The molecule has 2 aliphatic heterocycles. The molecular formula is C33H61N4O4SSi. The van der Waals surface area contributed by atoms with Crippen LogP contribution in [0.15, 0.2) is 11.1 Å². The van der Waals surface area contributed by atoms with E-state index >= 15 is 0 Å². The molecule has 43 heavy (non-hydrogen) atoms. The number of thioether (sulfide) groups is 1. The number of hydrogen-bond acceptors (Lipinski definition) is 7. The van der Waals surface area contributed by atoms with Crippen LogP contribution in [0.4, 0.5) is 0 Å². The Labute approximate surface area is 268 Å². The second-order valence-corrected chi connectivity index (χ2v) is 19.5. The molecule has 2 heterocycles. The van der Waals surface area contributed by atoms with Crippen molar-refractivity contribution < 1.29 is 18.8 Å². The van der Waals surface area contributed by atoms with Gasteiger partial charge in [0.25, 0.3) is 6.29 Å². The first kappa shape index (κ1) is 37.8. The first-order chi connectivity index (χ1) is 20.2. The van der Waals surface area contributed by atoms with Gasteiger partial charge in [-0.05, 0) is 82.6 Å². The summed E-state index contributed by atoms with van der Waals surface area (Å²) >= 11 is 1.61. The van der Waals surface area contributed by atoms with Crippen molar-refractivity contribution in [2.45, 2.75) is 148 Å². The summed E-state index contributed by atoms with van der Waals surface area (Å²) in [6.45, 7) is 23.0. The number of likely N-dealkylation sites (N-methyl/N-ethyl adjacent to an activating group) is 1. The number of hydrogen-bond donors (Lipinski definition) is 2. The Morgan fingerprint density at radius 1 is 1.14 bits per heavy atom. The van der Waals surface area contributed by atoms with E-state index in [2.05, 4.69) is 64.0 Å². The van der Waals surface area contributed by atoms with E-state index in [1.807, 2.05) is 44.4 Å². The zero-order valence-corrected chi connectivity index (χ0v) is 30.8. The fourth-order valence-electron chi connectivity index (χ4n) is 6.59. The van der Waals surface area contributed by atoms with Gasteiger partial charge in [0, 0.05) is 18.5 Å². The summed E-state index contributed by atoms with van der Waals surface area (Å²) < 4.78 is 7.24. The molecule has 0 saturated carbocycles. The van der Waals surface area contributed by atoms with Crippen LogP contribution in [0.25, 0.3) is 0 Å². The summed E-state index contributed by atoms with van der Waals surface area (Å²) in [6, 6.07) is 2.29. The first-order valence-corrected chi connectivity index (χ1v) is 20.2. The first-order valence-electron chi connectivity index (χ1n) is 16.8. The number of rotatable bonds is 18. The zero-order chi connectivity index (χ0) is 32.6. The molecule has 2 rings (SSSR count). The van der Waals surface area contributed by atoms with Crippen molar-refractivity contribution in [2.75, 3.05) is 20.1 Å². The summed E-state index contributed by atoms with van der Waals surface area (Å²) in [5, 5.41) is 8.52. The van der Waals surface area contributed by atoms with Crippen molar-refractivity contribution in [1.29, 1.82) is 0 Å². The molecule has 5 atom stereocenters. The maximum Gasteiger partial charge on any atom is 0.251 e. The minimum atomic E-state index is -2.05. The molecule has 0 aliphatic carbocycles. The highest BCUT2D eigenvalue weighted by molar-refractivity contribution is 8.03. The second kappa shape index (κ2) is 16.3. The SMILES string of the molecule is CC[C@H](C)[C@H](NC(=O)C(C)(C)N1CCCC1)C(=O)N(C)[C@H](C[C@@H](O[Si](CC)(CC)CC)C1(CC)NC([C]=O)=CS1)C(C)C. The lowest BCUT2D eigenvalue weighted by atomic mass is 9.90. The molecular weight excluding hydrogens is 577 g/mol. The average molecular weight is 638 g/mol. The van der Waals surface area contributed by atoms with E-state index in [0.717, 1.165) is 56.9 Å². The Morgan fingerprint density at radius 3 is 2.16 bits per heavy atom. The number of nitrogens with one attached hydrogen (secondary N) is 2. The lowest BCUT2D eigenvalue weighted by Crippen LogP contribution is -2.61. The van der Waals surface area contributed by atoms with Gasteiger partial charge in [-0.3, -0.25) is 19.3 Å². The number of nitrogens with zero attached hydrogens (tertiary/aromatic N) is 2. The van der Waals surface area contributed by atoms with Gasteiger partial charge in [-0.2, -0.15) is 0 Å². The lowest BCUT2D eigenvalue weighted by Gasteiger charge is -2.46. The molecule has 0 aromatic carbocycles. The third-order valence-electron chi connectivity index (χ3n) is 10.5. The van der Waals surface area contributed by atoms with Crippen LogP contribution >= 0.6 is 11.8 Å². The summed E-state index contributed by atoms with van der Waals surface area (Å²) in [5.74, 6) is -0.00773. The van der Waals surface area contributed by atoms with Crippen molar-refractivity contribution >= 4 is 38.2 Å². The van der Waals surface area contributed by atoms with Gasteiger partial charge in [0.1, 0.15) is 10.9 Å². The topological polar surface area (TPSA) is 91.0 Å². The summed E-state index contributed by atoms with van der Waals surface area (Å²) in [7, 11) is -0.162. The van der Waals surface area contributed by atoms with E-state index in [1.54, 1.807) is 11.8 Å². The minimum absolute atomic E-state index is 0.0163. The molecule has 1 fully saturated rings. The van der Waals surface area contributed by atoms with E-state index in [1.165, 1.54) is 0 Å². The van der Waals surface area contributed by atoms with E-state index in [0.29, 0.717) is 12.1 Å². The molecule has 0 aromatic rings. The summed E-state index contributed by atoms with van der Waals surface area (Å²) in [5.41, 5.74) is -0.215. The van der Waals surface area contributed by atoms with Gasteiger partial charge in [-0.1, -0.05) is 61.8 Å². The van der Waals surface area contributed by atoms with Gasteiger partial charge in [0.2, 0.25) is 11.8 Å². The zero-order valence-electron chi connectivity index (χ0n) is 29.0.